The number of hydrogen-bond acceptors (Lipinski definition) is 1. The van der Waals surface area contributed by atoms with Crippen LogP contribution in [0.25, 0.3) is 0 Å². The highest BCUT2D eigenvalue weighted by molar-refractivity contribution is 8.14. The Balaban J connectivity index is 2.18. The maximum absolute atomic E-state index is 8.74. The van der Waals surface area contributed by atoms with Crippen LogP contribution in [0.5, 0.6) is 0 Å². The third kappa shape index (κ3) is 0.884. The van der Waals surface area contributed by atoms with Crippen LogP contribution >= 0.6 is 11.2 Å². The summed E-state index contributed by atoms with van der Waals surface area (Å²) in [5.74, 6) is 3.07. The van der Waals surface area contributed by atoms with Gasteiger partial charge in [-0.15, -0.1) is 11.2 Å². The Morgan fingerprint density at radius 2 is 2.50 bits per heavy atom. The molecule has 1 saturated heterocycles. The smallest absolute Gasteiger partial charge is 0.0198 e. The van der Waals surface area contributed by atoms with E-state index in [9.17, 15) is 0 Å². The molecule has 0 saturated carbocycles. The summed E-state index contributed by atoms with van der Waals surface area (Å²) < 4.78 is 8.74. The Hall–Kier alpha value is 0.310. The molecule has 0 aromatic carbocycles. The highest BCUT2D eigenvalue weighted by Crippen LogP contribution is 2.33. The van der Waals surface area contributed by atoms with Gasteiger partial charge in [-0.2, -0.15) is 0 Å². The molecule has 1 unspecified atom stereocenters. The van der Waals surface area contributed by atoms with Crippen LogP contribution in [-0.4, -0.2) is 10.3 Å². The van der Waals surface area contributed by atoms with E-state index in [0.717, 1.165) is 12.2 Å². The fraction of sp³-hybridized carbons (Fsp3) is 0.750. The minimum atomic E-state index is -0.590. The van der Waals surface area contributed by atoms with Gasteiger partial charge >= 0.3 is 0 Å². The summed E-state index contributed by atoms with van der Waals surface area (Å²) in [6.45, 7) is 0. The molecule has 2 heteroatoms. The molecule has 1 aliphatic heterocycles. The first-order valence-electron chi connectivity index (χ1n) is 2.18. The van der Waals surface area contributed by atoms with E-state index in [2.05, 4.69) is 0 Å². The lowest BCUT2D eigenvalue weighted by molar-refractivity contribution is 0.655. The van der Waals surface area contributed by atoms with Crippen LogP contribution in [0.4, 0.5) is 0 Å². The molecule has 1 rings (SSSR count). The maximum Gasteiger partial charge on any atom is 0.0198 e. The van der Waals surface area contributed by atoms with Crippen LogP contribution in [0.3, 0.4) is 0 Å². The minimum Gasteiger partial charge on any atom is -0.354 e. The molecule has 1 N–H and O–H groups in total. The molecule has 1 atom stereocenters. The lowest BCUT2D eigenvalue weighted by atomic mass is 10.4. The van der Waals surface area contributed by atoms with Gasteiger partial charge in [0, 0.05) is 5.75 Å². The van der Waals surface area contributed by atoms with Crippen LogP contribution in [0, 0.1) is 5.75 Å². The minimum absolute atomic E-state index is 0.590. The van der Waals surface area contributed by atoms with Gasteiger partial charge in [0.05, 0.1) is 0 Å². The van der Waals surface area contributed by atoms with E-state index in [-0.39, 0.29) is 0 Å². The van der Waals surface area contributed by atoms with Gasteiger partial charge in [0.2, 0.25) is 0 Å². The average Bonchev–Trinajstić information content (AvgIpc) is 1.86. The molecule has 0 aromatic rings. The van der Waals surface area contributed by atoms with E-state index >= 15 is 0 Å². The Labute approximate surface area is 40.9 Å². The first-order valence-corrected chi connectivity index (χ1v) is 3.73. The fourth-order valence-electron chi connectivity index (χ4n) is 0.585. The lowest BCUT2D eigenvalue weighted by Gasteiger charge is -1.98. The topological polar surface area (TPSA) is 20.2 Å². The van der Waals surface area contributed by atoms with Crippen LogP contribution in [0.15, 0.2) is 0 Å². The summed E-state index contributed by atoms with van der Waals surface area (Å²) in [5, 5.41) is 0. The van der Waals surface area contributed by atoms with Gasteiger partial charge in [-0.05, 0) is 18.6 Å². The Morgan fingerprint density at radius 3 is 2.67 bits per heavy atom. The molecular formula is C4H9OS. The zero-order valence-corrected chi connectivity index (χ0v) is 4.49. The van der Waals surface area contributed by atoms with Crippen molar-refractivity contribution in [3.05, 3.63) is 5.75 Å². The number of thiol groups is 1. The summed E-state index contributed by atoms with van der Waals surface area (Å²) in [4.78, 5) is 0. The van der Waals surface area contributed by atoms with E-state index < -0.39 is 11.2 Å². The summed E-state index contributed by atoms with van der Waals surface area (Å²) in [6, 6.07) is 0. The van der Waals surface area contributed by atoms with Crippen LogP contribution in [-0.2, 0) is 0 Å². The molecule has 0 aliphatic carbocycles. The molecule has 0 amide bonds. The van der Waals surface area contributed by atoms with Crippen LogP contribution < -0.4 is 0 Å². The van der Waals surface area contributed by atoms with Crippen molar-refractivity contribution in [2.75, 3.05) is 5.75 Å². The number of hydrogen-bond donors (Lipinski definition) is 2. The van der Waals surface area contributed by atoms with Crippen LogP contribution in [0.2, 0.25) is 0 Å². The highest BCUT2D eigenvalue weighted by atomic mass is 32.2. The van der Waals surface area contributed by atoms with Crippen molar-refractivity contribution in [2.24, 2.45) is 0 Å². The standard InChI is InChI=1S/C4H9OS/c5-6-3-1-2-4-6/h3,5-6H,1-2,4H2. The molecule has 0 aromatic heterocycles. The van der Waals surface area contributed by atoms with Gasteiger partial charge in [0.15, 0.2) is 0 Å². The summed E-state index contributed by atoms with van der Waals surface area (Å²) in [6.07, 6.45) is 2.35. The predicted octanol–water partition coefficient (Wildman–Crippen LogP) is 1.42. The first kappa shape index (κ1) is 4.47. The van der Waals surface area contributed by atoms with Gasteiger partial charge < -0.3 is 4.55 Å². The van der Waals surface area contributed by atoms with E-state index in [0.29, 0.717) is 0 Å². The number of rotatable bonds is 0. The van der Waals surface area contributed by atoms with E-state index in [1.165, 1.54) is 6.42 Å². The van der Waals surface area contributed by atoms with Gasteiger partial charge in [0.1, 0.15) is 0 Å². The third-order valence-corrected chi connectivity index (χ3v) is 2.39. The molecular weight excluding hydrogens is 96.1 g/mol. The van der Waals surface area contributed by atoms with Crippen molar-refractivity contribution in [1.29, 1.82) is 0 Å². The summed E-state index contributed by atoms with van der Waals surface area (Å²) in [5.41, 5.74) is 0. The van der Waals surface area contributed by atoms with Gasteiger partial charge in [0.25, 0.3) is 0 Å². The Bertz CT molecular complexity index is 40.8. The molecule has 6 heavy (non-hydrogen) atoms. The summed E-state index contributed by atoms with van der Waals surface area (Å²) in [7, 11) is 0. The van der Waals surface area contributed by atoms with Gasteiger partial charge in [-0.1, -0.05) is 0 Å². The normalized spacial score (nSPS) is 28.5. The van der Waals surface area contributed by atoms with Crippen molar-refractivity contribution in [2.45, 2.75) is 12.8 Å². The molecule has 1 aliphatic rings. The average molecular weight is 105 g/mol. The van der Waals surface area contributed by atoms with E-state index in [1.54, 1.807) is 0 Å². The molecule has 1 nitrogen and oxygen atoms in total. The lowest BCUT2D eigenvalue weighted by Crippen LogP contribution is -1.69. The molecule has 1 heterocycles. The largest absolute Gasteiger partial charge is 0.354 e. The second-order valence-corrected chi connectivity index (χ2v) is 3.18. The van der Waals surface area contributed by atoms with E-state index in [1.807, 2.05) is 5.75 Å². The van der Waals surface area contributed by atoms with E-state index in [4.69, 9.17) is 4.55 Å². The van der Waals surface area contributed by atoms with Gasteiger partial charge in [-0.3, -0.25) is 0 Å². The molecule has 0 spiro atoms. The quantitative estimate of drug-likeness (QED) is 0.446. The Kier molecular flexibility index (Phi) is 1.37. The monoisotopic (exact) mass is 105 g/mol. The molecule has 1 radical (unpaired) electrons. The van der Waals surface area contributed by atoms with Crippen LogP contribution in [0.1, 0.15) is 12.8 Å². The first-order chi connectivity index (χ1) is 2.89. The van der Waals surface area contributed by atoms with Gasteiger partial charge in [-0.25, -0.2) is 0 Å². The fourth-order valence-corrected chi connectivity index (χ4v) is 1.75. The molecule has 0 bridgehead atoms. The molecule has 37 valence electrons. The zero-order chi connectivity index (χ0) is 4.41. The van der Waals surface area contributed by atoms with Crippen molar-refractivity contribution < 1.29 is 4.55 Å². The summed E-state index contributed by atoms with van der Waals surface area (Å²) >= 11 is -0.590. The Morgan fingerprint density at radius 1 is 1.67 bits per heavy atom. The predicted molar refractivity (Wildman–Crippen MR) is 30.0 cm³/mol. The molecule has 1 fully saturated rings. The maximum atomic E-state index is 8.74. The van der Waals surface area contributed by atoms with Crippen molar-refractivity contribution in [3.63, 3.8) is 0 Å². The van der Waals surface area contributed by atoms with Crippen molar-refractivity contribution in [1.82, 2.24) is 0 Å². The van der Waals surface area contributed by atoms with Crippen molar-refractivity contribution >= 4 is 11.2 Å². The zero-order valence-electron chi connectivity index (χ0n) is 3.59. The second kappa shape index (κ2) is 1.85. The second-order valence-electron chi connectivity index (χ2n) is 1.49. The highest BCUT2D eigenvalue weighted by Gasteiger charge is 2.05. The van der Waals surface area contributed by atoms with Crippen molar-refractivity contribution in [3.8, 4) is 0 Å². The third-order valence-electron chi connectivity index (χ3n) is 0.931. The SMILES string of the molecule is O[SH]1[CH]CCC1.